The van der Waals surface area contributed by atoms with Crippen LogP contribution >= 0.6 is 0 Å². The standard InChI is InChI=1S/C23H28N2O3/c1-16-10-9-13-21(17(16)2)28-18(3)22(26)24-20-12-6-5-11-19(20)23(27)25-14-7-4-8-15-25/h5-6,9-13,18H,4,7-8,14-15H2,1-3H3,(H,24,26)/t18-/m1/s1. The number of aryl methyl sites for hydroxylation is 1. The molecule has 0 unspecified atom stereocenters. The van der Waals surface area contributed by atoms with Crippen molar-refractivity contribution in [1.29, 1.82) is 0 Å². The lowest BCUT2D eigenvalue weighted by Gasteiger charge is -2.27. The molecule has 0 aromatic heterocycles. The SMILES string of the molecule is Cc1cccc(O[C@H](C)C(=O)Nc2ccccc2C(=O)N2CCCCC2)c1C. The molecule has 1 fully saturated rings. The van der Waals surface area contributed by atoms with Crippen molar-refractivity contribution < 1.29 is 14.3 Å². The van der Waals surface area contributed by atoms with Gasteiger partial charge in [-0.05, 0) is 69.4 Å². The van der Waals surface area contributed by atoms with Crippen LogP contribution < -0.4 is 10.1 Å². The zero-order chi connectivity index (χ0) is 20.1. The Balaban J connectivity index is 1.71. The molecule has 5 nitrogen and oxygen atoms in total. The summed E-state index contributed by atoms with van der Waals surface area (Å²) in [6.45, 7) is 7.24. The van der Waals surface area contributed by atoms with Gasteiger partial charge in [-0.2, -0.15) is 0 Å². The molecule has 0 spiro atoms. The molecule has 28 heavy (non-hydrogen) atoms. The van der Waals surface area contributed by atoms with Crippen molar-refractivity contribution in [3.8, 4) is 5.75 Å². The molecule has 5 heteroatoms. The second-order valence-corrected chi connectivity index (χ2v) is 7.35. The maximum Gasteiger partial charge on any atom is 0.265 e. The molecule has 2 aromatic carbocycles. The van der Waals surface area contributed by atoms with Crippen LogP contribution in [-0.2, 0) is 4.79 Å². The number of amides is 2. The summed E-state index contributed by atoms with van der Waals surface area (Å²) in [5.41, 5.74) is 3.18. The first kappa shape index (κ1) is 19.9. The summed E-state index contributed by atoms with van der Waals surface area (Å²) in [6, 6.07) is 13.0. The molecule has 1 heterocycles. The van der Waals surface area contributed by atoms with Crippen molar-refractivity contribution in [2.24, 2.45) is 0 Å². The molecule has 0 radical (unpaired) electrons. The minimum absolute atomic E-state index is 0.0290. The van der Waals surface area contributed by atoms with Gasteiger partial charge >= 0.3 is 0 Å². The Labute approximate surface area is 166 Å². The molecule has 148 valence electrons. The van der Waals surface area contributed by atoms with E-state index in [4.69, 9.17) is 4.74 Å². The molecule has 3 rings (SSSR count). The number of para-hydroxylation sites is 1. The summed E-state index contributed by atoms with van der Waals surface area (Å²) in [5, 5.41) is 2.87. The third-order valence-electron chi connectivity index (χ3n) is 5.29. The molecule has 2 aromatic rings. The zero-order valence-corrected chi connectivity index (χ0v) is 16.8. The number of ether oxygens (including phenoxy) is 1. The van der Waals surface area contributed by atoms with E-state index in [0.717, 1.165) is 43.5 Å². The predicted molar refractivity (Wildman–Crippen MR) is 111 cm³/mol. The highest BCUT2D eigenvalue weighted by molar-refractivity contribution is 6.04. The smallest absolute Gasteiger partial charge is 0.265 e. The lowest BCUT2D eigenvalue weighted by atomic mass is 10.1. The van der Waals surface area contributed by atoms with Crippen LogP contribution in [0.15, 0.2) is 42.5 Å². The number of hydrogen-bond donors (Lipinski definition) is 1. The van der Waals surface area contributed by atoms with Gasteiger partial charge in [-0.25, -0.2) is 0 Å². The molecule has 0 bridgehead atoms. The monoisotopic (exact) mass is 380 g/mol. The number of benzene rings is 2. The average Bonchev–Trinajstić information content (AvgIpc) is 2.72. The average molecular weight is 380 g/mol. The van der Waals surface area contributed by atoms with Gasteiger partial charge in [-0.1, -0.05) is 24.3 Å². The fourth-order valence-electron chi connectivity index (χ4n) is 3.38. The second kappa shape index (κ2) is 8.91. The Morgan fingerprint density at radius 2 is 1.71 bits per heavy atom. The van der Waals surface area contributed by atoms with Crippen LogP contribution in [0, 0.1) is 13.8 Å². The Bertz CT molecular complexity index is 857. The van der Waals surface area contributed by atoms with E-state index in [0.29, 0.717) is 17.0 Å². The molecule has 1 aliphatic rings. The summed E-state index contributed by atoms with van der Waals surface area (Å²) in [4.78, 5) is 27.5. The molecular formula is C23H28N2O3. The van der Waals surface area contributed by atoms with Gasteiger partial charge in [0.25, 0.3) is 11.8 Å². The van der Waals surface area contributed by atoms with Gasteiger partial charge < -0.3 is 15.0 Å². The summed E-state index contributed by atoms with van der Waals surface area (Å²) in [7, 11) is 0. The topological polar surface area (TPSA) is 58.6 Å². The van der Waals surface area contributed by atoms with Gasteiger partial charge in [-0.3, -0.25) is 9.59 Å². The predicted octanol–water partition coefficient (Wildman–Crippen LogP) is 4.34. The summed E-state index contributed by atoms with van der Waals surface area (Å²) in [6.07, 6.45) is 2.54. The second-order valence-electron chi connectivity index (χ2n) is 7.35. The highest BCUT2D eigenvalue weighted by Crippen LogP contribution is 2.23. The molecule has 1 atom stereocenters. The summed E-state index contributed by atoms with van der Waals surface area (Å²) in [5.74, 6) is 0.388. The Morgan fingerprint density at radius 3 is 2.46 bits per heavy atom. The zero-order valence-electron chi connectivity index (χ0n) is 16.8. The highest BCUT2D eigenvalue weighted by atomic mass is 16.5. The van der Waals surface area contributed by atoms with E-state index in [1.165, 1.54) is 0 Å². The number of piperidine rings is 1. The van der Waals surface area contributed by atoms with Gasteiger partial charge in [0.05, 0.1) is 11.3 Å². The maximum absolute atomic E-state index is 12.9. The Morgan fingerprint density at radius 1 is 1.00 bits per heavy atom. The van der Waals surface area contributed by atoms with Gasteiger partial charge in [0.1, 0.15) is 5.75 Å². The fourth-order valence-corrected chi connectivity index (χ4v) is 3.38. The van der Waals surface area contributed by atoms with Crippen molar-refractivity contribution in [2.75, 3.05) is 18.4 Å². The third-order valence-corrected chi connectivity index (χ3v) is 5.29. The van der Waals surface area contributed by atoms with Crippen LogP contribution in [0.1, 0.15) is 47.7 Å². The van der Waals surface area contributed by atoms with E-state index < -0.39 is 6.10 Å². The van der Waals surface area contributed by atoms with Crippen LogP contribution in [-0.4, -0.2) is 35.9 Å². The molecular weight excluding hydrogens is 352 g/mol. The normalized spacial score (nSPS) is 15.0. The number of rotatable bonds is 5. The maximum atomic E-state index is 12.9. The Kier molecular flexibility index (Phi) is 6.34. The lowest BCUT2D eigenvalue weighted by molar-refractivity contribution is -0.122. The van der Waals surface area contributed by atoms with Crippen molar-refractivity contribution in [3.63, 3.8) is 0 Å². The molecule has 2 amide bonds. The number of anilines is 1. The number of nitrogens with zero attached hydrogens (tertiary/aromatic N) is 1. The first-order chi connectivity index (χ1) is 13.5. The van der Waals surface area contributed by atoms with E-state index >= 15 is 0 Å². The van der Waals surface area contributed by atoms with E-state index in [1.54, 1.807) is 19.1 Å². The molecule has 1 aliphatic heterocycles. The lowest BCUT2D eigenvalue weighted by Crippen LogP contribution is -2.36. The number of nitrogens with one attached hydrogen (secondary N) is 1. The Hall–Kier alpha value is -2.82. The van der Waals surface area contributed by atoms with E-state index in [2.05, 4.69) is 5.32 Å². The van der Waals surface area contributed by atoms with Crippen molar-refractivity contribution in [1.82, 2.24) is 4.90 Å². The fraction of sp³-hybridized carbons (Fsp3) is 0.391. The van der Waals surface area contributed by atoms with Gasteiger partial charge in [0.2, 0.25) is 0 Å². The van der Waals surface area contributed by atoms with Crippen molar-refractivity contribution >= 4 is 17.5 Å². The third kappa shape index (κ3) is 4.53. The molecule has 0 aliphatic carbocycles. The number of hydrogen-bond acceptors (Lipinski definition) is 3. The largest absolute Gasteiger partial charge is 0.481 e. The van der Waals surface area contributed by atoms with Gasteiger partial charge in [0.15, 0.2) is 6.10 Å². The van der Waals surface area contributed by atoms with Crippen molar-refractivity contribution in [3.05, 3.63) is 59.2 Å². The van der Waals surface area contributed by atoms with Crippen LogP contribution in [0.25, 0.3) is 0 Å². The first-order valence-electron chi connectivity index (χ1n) is 9.89. The van der Waals surface area contributed by atoms with Crippen LogP contribution in [0.3, 0.4) is 0 Å². The molecule has 0 saturated carbocycles. The quantitative estimate of drug-likeness (QED) is 0.840. The highest BCUT2D eigenvalue weighted by Gasteiger charge is 2.23. The number of carbonyl (C=O) groups excluding carboxylic acids is 2. The summed E-state index contributed by atoms with van der Waals surface area (Å²) >= 11 is 0. The van der Waals surface area contributed by atoms with E-state index in [9.17, 15) is 9.59 Å². The molecule has 1 N–H and O–H groups in total. The van der Waals surface area contributed by atoms with Gasteiger partial charge in [0, 0.05) is 13.1 Å². The first-order valence-corrected chi connectivity index (χ1v) is 9.89. The van der Waals surface area contributed by atoms with E-state index in [1.807, 2.05) is 49.1 Å². The molecule has 1 saturated heterocycles. The summed E-state index contributed by atoms with van der Waals surface area (Å²) < 4.78 is 5.87. The minimum Gasteiger partial charge on any atom is -0.481 e. The number of carbonyl (C=O) groups is 2. The van der Waals surface area contributed by atoms with Crippen LogP contribution in [0.4, 0.5) is 5.69 Å². The minimum atomic E-state index is -0.682. The number of likely N-dealkylation sites (tertiary alicyclic amines) is 1. The van der Waals surface area contributed by atoms with Gasteiger partial charge in [-0.15, -0.1) is 0 Å². The van der Waals surface area contributed by atoms with Crippen molar-refractivity contribution in [2.45, 2.75) is 46.1 Å². The van der Waals surface area contributed by atoms with Crippen LogP contribution in [0.2, 0.25) is 0 Å². The van der Waals surface area contributed by atoms with E-state index in [-0.39, 0.29) is 11.8 Å². The van der Waals surface area contributed by atoms with Crippen LogP contribution in [0.5, 0.6) is 5.75 Å².